The summed E-state index contributed by atoms with van der Waals surface area (Å²) in [5, 5.41) is 0. The van der Waals surface area contributed by atoms with Gasteiger partial charge in [0.15, 0.2) is 0 Å². The van der Waals surface area contributed by atoms with Gasteiger partial charge in [-0.15, -0.1) is 0 Å². The van der Waals surface area contributed by atoms with Crippen LogP contribution in [0.3, 0.4) is 0 Å². The maximum Gasteiger partial charge on any atom is 0.147 e. The molecule has 0 atom stereocenters. The minimum atomic E-state index is -2.87. The fourth-order valence-corrected chi connectivity index (χ4v) is 4.99. The van der Waals surface area contributed by atoms with Gasteiger partial charge in [0.25, 0.3) is 0 Å². The maximum atomic E-state index is 11.5. The Morgan fingerprint density at radius 3 is 1.89 bits per heavy atom. The summed E-state index contributed by atoms with van der Waals surface area (Å²) >= 11 is 0. The van der Waals surface area contributed by atoms with Gasteiger partial charge in [0.05, 0.1) is 5.75 Å². The molecule has 4 heteroatoms. The van der Waals surface area contributed by atoms with Crippen LogP contribution in [0, 0.1) is 5.92 Å². The Hall–Kier alpha value is -0.0900. The van der Waals surface area contributed by atoms with Crippen LogP contribution in [0.25, 0.3) is 0 Å². The second-order valence-electron chi connectivity index (χ2n) is 7.14. The van der Waals surface area contributed by atoms with E-state index in [0.717, 1.165) is 25.8 Å². The molecule has 0 amide bonds. The Morgan fingerprint density at radius 1 is 1.11 bits per heavy atom. The van der Waals surface area contributed by atoms with Gasteiger partial charge in [-0.2, -0.15) is 0 Å². The largest absolute Gasteiger partial charge is 0.293 e. The molecule has 3 nitrogen and oxygen atoms in total. The van der Waals surface area contributed by atoms with E-state index in [1.54, 1.807) is 0 Å². The van der Waals surface area contributed by atoms with Crippen LogP contribution in [-0.4, -0.2) is 42.9 Å². The number of hydrogen-bond acceptors (Lipinski definition) is 3. The summed E-state index contributed by atoms with van der Waals surface area (Å²) in [4.78, 5) is 2.55. The highest BCUT2D eigenvalue weighted by molar-refractivity contribution is 7.90. The van der Waals surface area contributed by atoms with Gasteiger partial charge in [0.1, 0.15) is 9.84 Å². The van der Waals surface area contributed by atoms with Crippen molar-refractivity contribution in [1.82, 2.24) is 4.90 Å². The molecule has 1 heterocycles. The minimum absolute atomic E-state index is 0.0904. The summed E-state index contributed by atoms with van der Waals surface area (Å²) in [7, 11) is -2.87. The van der Waals surface area contributed by atoms with E-state index in [-0.39, 0.29) is 17.0 Å². The van der Waals surface area contributed by atoms with Crippen molar-refractivity contribution in [3.05, 3.63) is 0 Å². The van der Waals surface area contributed by atoms with Crippen LogP contribution < -0.4 is 0 Å². The van der Waals surface area contributed by atoms with Gasteiger partial charge in [-0.3, -0.25) is 4.90 Å². The lowest BCUT2D eigenvalue weighted by Crippen LogP contribution is -2.61. The Labute approximate surface area is 113 Å². The molecule has 108 valence electrons. The van der Waals surface area contributed by atoms with E-state index < -0.39 is 9.84 Å². The van der Waals surface area contributed by atoms with E-state index in [1.165, 1.54) is 6.26 Å². The zero-order chi connectivity index (χ0) is 14.2. The first-order valence-corrected chi connectivity index (χ1v) is 8.99. The lowest BCUT2D eigenvalue weighted by molar-refractivity contribution is -0.0465. The summed E-state index contributed by atoms with van der Waals surface area (Å²) in [6, 6.07) is 0. The summed E-state index contributed by atoms with van der Waals surface area (Å²) < 4.78 is 23.0. The summed E-state index contributed by atoms with van der Waals surface area (Å²) in [5.74, 6) is 0.623. The molecule has 1 aliphatic rings. The van der Waals surface area contributed by atoms with Crippen LogP contribution in [0.1, 0.15) is 53.9 Å². The number of sulfone groups is 1. The molecule has 1 fully saturated rings. The van der Waals surface area contributed by atoms with Crippen molar-refractivity contribution in [1.29, 1.82) is 0 Å². The van der Waals surface area contributed by atoms with E-state index in [0.29, 0.717) is 5.75 Å². The van der Waals surface area contributed by atoms with Crippen LogP contribution in [0.2, 0.25) is 0 Å². The van der Waals surface area contributed by atoms with Crippen molar-refractivity contribution in [3.63, 3.8) is 0 Å². The first kappa shape index (κ1) is 16.0. The zero-order valence-corrected chi connectivity index (χ0v) is 13.6. The molecule has 1 aliphatic heterocycles. The normalized spacial score (nSPS) is 25.2. The highest BCUT2D eigenvalue weighted by Crippen LogP contribution is 2.41. The first-order chi connectivity index (χ1) is 7.98. The van der Waals surface area contributed by atoms with Crippen molar-refractivity contribution in [2.45, 2.75) is 65.0 Å². The number of piperidine rings is 1. The zero-order valence-electron chi connectivity index (χ0n) is 12.8. The summed E-state index contributed by atoms with van der Waals surface area (Å²) in [6.07, 6.45) is 4.45. The maximum absolute atomic E-state index is 11.5. The third-order valence-corrected chi connectivity index (χ3v) is 5.10. The third kappa shape index (κ3) is 3.95. The highest BCUT2D eigenvalue weighted by Gasteiger charge is 2.45. The van der Waals surface area contributed by atoms with Gasteiger partial charge < -0.3 is 0 Å². The van der Waals surface area contributed by atoms with Crippen molar-refractivity contribution in [2.24, 2.45) is 5.92 Å². The quantitative estimate of drug-likeness (QED) is 0.791. The van der Waals surface area contributed by atoms with E-state index in [9.17, 15) is 8.42 Å². The minimum Gasteiger partial charge on any atom is -0.293 e. The Balaban J connectivity index is 2.91. The Morgan fingerprint density at radius 2 is 1.56 bits per heavy atom. The van der Waals surface area contributed by atoms with Crippen LogP contribution in [0.4, 0.5) is 0 Å². The van der Waals surface area contributed by atoms with E-state index in [1.807, 2.05) is 0 Å². The SMILES string of the molecule is CCCN1C(C)(C)CC(CS(C)(=O)=O)CC1(C)C. The van der Waals surface area contributed by atoms with Crippen LogP contribution in [0.15, 0.2) is 0 Å². The molecule has 0 N–H and O–H groups in total. The predicted octanol–water partition coefficient (Wildman–Crippen LogP) is 2.71. The monoisotopic (exact) mass is 275 g/mol. The molecule has 0 spiro atoms. The molecule has 0 saturated carbocycles. The summed E-state index contributed by atoms with van der Waals surface area (Å²) in [6.45, 7) is 12.3. The second-order valence-corrected chi connectivity index (χ2v) is 9.33. The predicted molar refractivity (Wildman–Crippen MR) is 77.6 cm³/mol. The first-order valence-electron chi connectivity index (χ1n) is 6.93. The van der Waals surface area contributed by atoms with Crippen molar-refractivity contribution in [3.8, 4) is 0 Å². The van der Waals surface area contributed by atoms with Crippen molar-refractivity contribution in [2.75, 3.05) is 18.6 Å². The molecular formula is C14H29NO2S. The van der Waals surface area contributed by atoms with Gasteiger partial charge >= 0.3 is 0 Å². The molecule has 0 aromatic heterocycles. The van der Waals surface area contributed by atoms with Crippen molar-refractivity contribution < 1.29 is 8.42 Å². The van der Waals surface area contributed by atoms with Gasteiger partial charge in [0, 0.05) is 17.3 Å². The van der Waals surface area contributed by atoms with Crippen LogP contribution in [-0.2, 0) is 9.84 Å². The molecule has 18 heavy (non-hydrogen) atoms. The average molecular weight is 275 g/mol. The Kier molecular flexibility index (Phi) is 4.54. The van der Waals surface area contributed by atoms with E-state index >= 15 is 0 Å². The highest BCUT2D eigenvalue weighted by atomic mass is 32.2. The smallest absolute Gasteiger partial charge is 0.147 e. The number of nitrogens with zero attached hydrogens (tertiary/aromatic N) is 1. The molecule has 1 saturated heterocycles. The molecular weight excluding hydrogens is 246 g/mol. The van der Waals surface area contributed by atoms with Gasteiger partial charge in [-0.05, 0) is 59.4 Å². The molecule has 1 rings (SSSR count). The fourth-order valence-electron chi connectivity index (χ4n) is 3.90. The number of likely N-dealkylation sites (tertiary alicyclic amines) is 1. The molecule has 0 aromatic carbocycles. The molecule has 0 bridgehead atoms. The van der Waals surface area contributed by atoms with E-state index in [4.69, 9.17) is 0 Å². The van der Waals surface area contributed by atoms with Gasteiger partial charge in [-0.1, -0.05) is 6.92 Å². The van der Waals surface area contributed by atoms with E-state index in [2.05, 4.69) is 39.5 Å². The molecule has 0 aromatic rings. The number of rotatable bonds is 4. The molecule has 0 radical (unpaired) electrons. The fraction of sp³-hybridized carbons (Fsp3) is 1.00. The summed E-state index contributed by atoms with van der Waals surface area (Å²) in [5.41, 5.74) is 0.181. The van der Waals surface area contributed by atoms with Crippen LogP contribution >= 0.6 is 0 Å². The number of hydrogen-bond donors (Lipinski definition) is 0. The molecule has 0 aliphatic carbocycles. The second kappa shape index (κ2) is 5.12. The van der Waals surface area contributed by atoms with Crippen molar-refractivity contribution >= 4 is 9.84 Å². The lowest BCUT2D eigenvalue weighted by Gasteiger charge is -2.55. The van der Waals surface area contributed by atoms with Crippen LogP contribution in [0.5, 0.6) is 0 Å². The standard InChI is InChI=1S/C14H29NO2S/c1-7-8-15-13(2,3)9-12(10-14(15,4)5)11-18(6,16)17/h12H,7-11H2,1-6H3. The van der Waals surface area contributed by atoms with Gasteiger partial charge in [0.2, 0.25) is 0 Å². The lowest BCUT2D eigenvalue weighted by atomic mass is 9.74. The van der Waals surface area contributed by atoms with Gasteiger partial charge in [-0.25, -0.2) is 8.42 Å². The topological polar surface area (TPSA) is 37.4 Å². The molecule has 0 unspecified atom stereocenters. The Bertz CT molecular complexity index is 367. The average Bonchev–Trinajstić information content (AvgIpc) is 2.06. The third-order valence-electron chi connectivity index (χ3n) is 4.02.